The maximum Gasteiger partial charge on any atom is 0.133 e. The lowest BCUT2D eigenvalue weighted by Crippen LogP contribution is -2.18. The quantitative estimate of drug-likeness (QED) is 0.889. The van der Waals surface area contributed by atoms with E-state index >= 15 is 0 Å². The van der Waals surface area contributed by atoms with Gasteiger partial charge in [0, 0.05) is 18.5 Å². The first-order chi connectivity index (χ1) is 9.28. The SMILES string of the molecule is CNC[C@@H]1Cc2ccc(F)cc2Oc2ccccc21. The van der Waals surface area contributed by atoms with Crippen molar-refractivity contribution >= 4 is 0 Å². The zero-order chi connectivity index (χ0) is 13.2. The van der Waals surface area contributed by atoms with Gasteiger partial charge in [-0.05, 0) is 36.7 Å². The third-order valence-corrected chi connectivity index (χ3v) is 3.52. The van der Waals surface area contributed by atoms with Crippen LogP contribution in [0.5, 0.6) is 11.5 Å². The van der Waals surface area contributed by atoms with Gasteiger partial charge in [-0.15, -0.1) is 0 Å². The standard InChI is InChI=1S/C16H16FNO/c1-18-10-12-8-11-6-7-13(17)9-16(11)19-15-5-3-2-4-14(12)15/h2-7,9,12,18H,8,10H2,1H3/t12-/m0/s1. The Morgan fingerprint density at radius 3 is 2.89 bits per heavy atom. The van der Waals surface area contributed by atoms with E-state index in [0.29, 0.717) is 11.7 Å². The van der Waals surface area contributed by atoms with Crippen molar-refractivity contribution in [2.75, 3.05) is 13.6 Å². The number of rotatable bonds is 2. The predicted octanol–water partition coefficient (Wildman–Crippen LogP) is 3.48. The van der Waals surface area contributed by atoms with Gasteiger partial charge >= 0.3 is 0 Å². The van der Waals surface area contributed by atoms with Crippen LogP contribution in [0.4, 0.5) is 4.39 Å². The molecule has 0 saturated carbocycles. The van der Waals surface area contributed by atoms with Crippen LogP contribution in [0.1, 0.15) is 17.0 Å². The molecule has 1 heterocycles. The molecule has 2 nitrogen and oxygen atoms in total. The number of likely N-dealkylation sites (N-methyl/N-ethyl adjacent to an activating group) is 1. The van der Waals surface area contributed by atoms with E-state index in [4.69, 9.17) is 4.74 Å². The maximum absolute atomic E-state index is 13.4. The van der Waals surface area contributed by atoms with Crippen LogP contribution in [-0.4, -0.2) is 13.6 Å². The van der Waals surface area contributed by atoms with Crippen molar-refractivity contribution in [2.45, 2.75) is 12.3 Å². The second kappa shape index (κ2) is 5.02. The minimum Gasteiger partial charge on any atom is -0.457 e. The van der Waals surface area contributed by atoms with Gasteiger partial charge in [-0.2, -0.15) is 0 Å². The fourth-order valence-electron chi connectivity index (χ4n) is 2.63. The first-order valence-corrected chi connectivity index (χ1v) is 6.47. The van der Waals surface area contributed by atoms with E-state index in [1.807, 2.05) is 31.3 Å². The van der Waals surface area contributed by atoms with Crippen LogP contribution in [0.25, 0.3) is 0 Å². The first-order valence-electron chi connectivity index (χ1n) is 6.47. The predicted molar refractivity (Wildman–Crippen MR) is 73.3 cm³/mol. The summed E-state index contributed by atoms with van der Waals surface area (Å²) in [6, 6.07) is 12.8. The van der Waals surface area contributed by atoms with Crippen LogP contribution in [0.2, 0.25) is 0 Å². The molecule has 19 heavy (non-hydrogen) atoms. The molecule has 0 aromatic heterocycles. The molecule has 1 aliphatic heterocycles. The average Bonchev–Trinajstić information content (AvgIpc) is 2.56. The summed E-state index contributed by atoms with van der Waals surface area (Å²) >= 11 is 0. The Labute approximate surface area is 112 Å². The summed E-state index contributed by atoms with van der Waals surface area (Å²) in [6.45, 7) is 0.872. The summed E-state index contributed by atoms with van der Waals surface area (Å²) in [5.41, 5.74) is 2.23. The molecule has 0 bridgehead atoms. The summed E-state index contributed by atoms with van der Waals surface area (Å²) < 4.78 is 19.2. The Hall–Kier alpha value is -1.87. The first kappa shape index (κ1) is 12.2. The Kier molecular flexibility index (Phi) is 3.22. The van der Waals surface area contributed by atoms with Gasteiger partial charge in [-0.25, -0.2) is 4.39 Å². The number of halogens is 1. The van der Waals surface area contributed by atoms with Crippen molar-refractivity contribution in [3.8, 4) is 11.5 Å². The zero-order valence-electron chi connectivity index (χ0n) is 10.8. The Morgan fingerprint density at radius 2 is 2.05 bits per heavy atom. The summed E-state index contributed by atoms with van der Waals surface area (Å²) in [5.74, 6) is 1.54. The molecule has 0 spiro atoms. The molecule has 1 atom stereocenters. The smallest absolute Gasteiger partial charge is 0.133 e. The van der Waals surface area contributed by atoms with Gasteiger partial charge in [-0.1, -0.05) is 24.3 Å². The van der Waals surface area contributed by atoms with Gasteiger partial charge in [0.25, 0.3) is 0 Å². The normalized spacial score (nSPS) is 17.1. The Morgan fingerprint density at radius 1 is 1.21 bits per heavy atom. The van der Waals surface area contributed by atoms with Crippen molar-refractivity contribution in [1.82, 2.24) is 5.32 Å². The van der Waals surface area contributed by atoms with Crippen molar-refractivity contribution < 1.29 is 9.13 Å². The van der Waals surface area contributed by atoms with E-state index in [1.54, 1.807) is 0 Å². The third-order valence-electron chi connectivity index (χ3n) is 3.52. The summed E-state index contributed by atoms with van der Waals surface area (Å²) in [7, 11) is 1.94. The topological polar surface area (TPSA) is 21.3 Å². The van der Waals surface area contributed by atoms with E-state index in [1.165, 1.54) is 17.7 Å². The van der Waals surface area contributed by atoms with Gasteiger partial charge in [-0.3, -0.25) is 0 Å². The third kappa shape index (κ3) is 2.34. The molecule has 2 aromatic carbocycles. The highest BCUT2D eigenvalue weighted by atomic mass is 19.1. The molecule has 0 saturated heterocycles. The van der Waals surface area contributed by atoms with Gasteiger partial charge < -0.3 is 10.1 Å². The van der Waals surface area contributed by atoms with Gasteiger partial charge in [0.1, 0.15) is 17.3 Å². The molecule has 3 heteroatoms. The molecule has 0 amide bonds. The minimum absolute atomic E-state index is 0.261. The average molecular weight is 257 g/mol. The van der Waals surface area contributed by atoms with Crippen LogP contribution >= 0.6 is 0 Å². The van der Waals surface area contributed by atoms with Gasteiger partial charge in [0.05, 0.1) is 0 Å². The van der Waals surface area contributed by atoms with Crippen LogP contribution in [0.3, 0.4) is 0 Å². The molecule has 0 aliphatic carbocycles. The molecule has 98 valence electrons. The van der Waals surface area contributed by atoms with Crippen LogP contribution < -0.4 is 10.1 Å². The van der Waals surface area contributed by atoms with Crippen molar-refractivity contribution in [3.05, 3.63) is 59.4 Å². The number of benzene rings is 2. The number of ether oxygens (including phenoxy) is 1. The number of nitrogens with one attached hydrogen (secondary N) is 1. The summed E-state index contributed by atoms with van der Waals surface area (Å²) in [4.78, 5) is 0. The molecule has 0 fully saturated rings. The molecule has 1 aliphatic rings. The number of hydrogen-bond acceptors (Lipinski definition) is 2. The van der Waals surface area contributed by atoms with E-state index < -0.39 is 0 Å². The Bertz CT molecular complexity index is 597. The van der Waals surface area contributed by atoms with E-state index in [0.717, 1.165) is 24.3 Å². The lowest BCUT2D eigenvalue weighted by molar-refractivity contribution is 0.472. The second-order valence-corrected chi connectivity index (χ2v) is 4.85. The van der Waals surface area contributed by atoms with E-state index in [-0.39, 0.29) is 5.82 Å². The van der Waals surface area contributed by atoms with Crippen LogP contribution in [-0.2, 0) is 6.42 Å². The molecular weight excluding hydrogens is 241 g/mol. The van der Waals surface area contributed by atoms with Crippen molar-refractivity contribution in [3.63, 3.8) is 0 Å². The fraction of sp³-hybridized carbons (Fsp3) is 0.250. The molecule has 2 aromatic rings. The van der Waals surface area contributed by atoms with E-state index in [9.17, 15) is 4.39 Å². The van der Waals surface area contributed by atoms with Crippen LogP contribution in [0.15, 0.2) is 42.5 Å². The molecule has 0 unspecified atom stereocenters. The minimum atomic E-state index is -0.261. The second-order valence-electron chi connectivity index (χ2n) is 4.85. The van der Waals surface area contributed by atoms with Crippen LogP contribution in [0, 0.1) is 5.82 Å². The monoisotopic (exact) mass is 257 g/mol. The fourth-order valence-corrected chi connectivity index (χ4v) is 2.63. The summed E-state index contributed by atoms with van der Waals surface area (Å²) in [6.07, 6.45) is 0.855. The molecule has 3 rings (SSSR count). The number of fused-ring (bicyclic) bond motifs is 2. The highest BCUT2D eigenvalue weighted by Crippen LogP contribution is 2.39. The van der Waals surface area contributed by atoms with Crippen molar-refractivity contribution in [2.24, 2.45) is 0 Å². The lowest BCUT2D eigenvalue weighted by Gasteiger charge is -2.15. The van der Waals surface area contributed by atoms with Gasteiger partial charge in [0.2, 0.25) is 0 Å². The molecular formula is C16H16FNO. The number of hydrogen-bond donors (Lipinski definition) is 1. The van der Waals surface area contributed by atoms with Gasteiger partial charge in [0.15, 0.2) is 0 Å². The molecule has 0 radical (unpaired) electrons. The largest absolute Gasteiger partial charge is 0.457 e. The lowest BCUT2D eigenvalue weighted by atomic mass is 9.92. The number of para-hydroxylation sites is 1. The summed E-state index contributed by atoms with van der Waals surface area (Å²) in [5, 5.41) is 3.22. The highest BCUT2D eigenvalue weighted by Gasteiger charge is 2.22. The Balaban J connectivity index is 2.09. The maximum atomic E-state index is 13.4. The zero-order valence-corrected chi connectivity index (χ0v) is 10.8. The molecule has 1 N–H and O–H groups in total. The van der Waals surface area contributed by atoms with E-state index in [2.05, 4.69) is 11.4 Å². The van der Waals surface area contributed by atoms with Crippen molar-refractivity contribution in [1.29, 1.82) is 0 Å². The highest BCUT2D eigenvalue weighted by molar-refractivity contribution is 5.47.